The largest absolute Gasteiger partial charge is 0.441 e. The molecule has 3 N–H and O–H groups in total. The summed E-state index contributed by atoms with van der Waals surface area (Å²) in [6, 6.07) is 15.6. The Hall–Kier alpha value is -3.73. The minimum absolute atomic E-state index is 0.00360. The highest BCUT2D eigenvalue weighted by atomic mass is 16.5. The van der Waals surface area contributed by atoms with Crippen LogP contribution in [0.2, 0.25) is 0 Å². The second-order valence-corrected chi connectivity index (χ2v) is 11.5. The second kappa shape index (κ2) is 12.2. The van der Waals surface area contributed by atoms with Crippen molar-refractivity contribution in [3.63, 3.8) is 0 Å². The van der Waals surface area contributed by atoms with Crippen LogP contribution in [0.4, 0.5) is 5.69 Å². The normalized spacial score (nSPS) is 22.9. The number of aryl methyl sites for hydroxylation is 1. The third kappa shape index (κ3) is 5.66. The summed E-state index contributed by atoms with van der Waals surface area (Å²) in [6.07, 6.45) is 5.90. The van der Waals surface area contributed by atoms with Crippen LogP contribution in [0.3, 0.4) is 0 Å². The maximum atomic E-state index is 14.3. The van der Waals surface area contributed by atoms with Crippen LogP contribution in [0.1, 0.15) is 54.5 Å². The number of oxazole rings is 1. The number of anilines is 1. The zero-order valence-electron chi connectivity index (χ0n) is 24.4. The zero-order valence-corrected chi connectivity index (χ0v) is 24.4. The lowest BCUT2D eigenvalue weighted by atomic mass is 9.80. The number of benzene rings is 2. The Balaban J connectivity index is 1.25. The number of piperazine rings is 1. The SMILES string of the molecule is COC[C@]1(O)CCCC[C@H]1n1cnc(C(=O)N2CCNC[C@H]2CCNc2ccc3nc(C)oc3c2)c1-c1ccccc1. The molecule has 1 amide bonds. The smallest absolute Gasteiger partial charge is 0.275 e. The number of nitrogens with one attached hydrogen (secondary N) is 2. The molecule has 6 rings (SSSR count). The number of rotatable bonds is 9. The lowest BCUT2D eigenvalue weighted by molar-refractivity contribution is -0.0893. The van der Waals surface area contributed by atoms with Gasteiger partial charge in [-0.25, -0.2) is 9.97 Å². The van der Waals surface area contributed by atoms with Crippen molar-refractivity contribution in [3.8, 4) is 11.3 Å². The number of carbonyl (C=O) groups is 1. The first kappa shape index (κ1) is 28.4. The molecule has 1 aliphatic heterocycles. The van der Waals surface area contributed by atoms with E-state index in [0.29, 0.717) is 37.6 Å². The third-order valence-electron chi connectivity index (χ3n) is 8.64. The Morgan fingerprint density at radius 1 is 1.24 bits per heavy atom. The fraction of sp³-hybridized carbons (Fsp3) is 0.469. The summed E-state index contributed by atoms with van der Waals surface area (Å²) in [7, 11) is 1.62. The van der Waals surface area contributed by atoms with Gasteiger partial charge in [-0.15, -0.1) is 0 Å². The van der Waals surface area contributed by atoms with Crippen molar-refractivity contribution in [3.05, 3.63) is 66.4 Å². The van der Waals surface area contributed by atoms with Crippen molar-refractivity contribution in [2.45, 2.75) is 56.7 Å². The van der Waals surface area contributed by atoms with E-state index in [1.807, 2.05) is 64.9 Å². The summed E-state index contributed by atoms with van der Waals surface area (Å²) in [5.74, 6) is 0.567. The van der Waals surface area contributed by atoms with Crippen LogP contribution in [0.5, 0.6) is 0 Å². The second-order valence-electron chi connectivity index (χ2n) is 11.5. The summed E-state index contributed by atoms with van der Waals surface area (Å²) < 4.78 is 13.2. The molecule has 0 radical (unpaired) electrons. The molecule has 2 aromatic heterocycles. The van der Waals surface area contributed by atoms with Gasteiger partial charge in [0.25, 0.3) is 5.91 Å². The van der Waals surface area contributed by atoms with E-state index in [0.717, 1.165) is 60.3 Å². The minimum Gasteiger partial charge on any atom is -0.441 e. The first-order valence-electron chi connectivity index (χ1n) is 14.9. The summed E-state index contributed by atoms with van der Waals surface area (Å²) >= 11 is 0. The molecule has 3 heterocycles. The third-order valence-corrected chi connectivity index (χ3v) is 8.64. The molecule has 0 bridgehead atoms. The van der Waals surface area contributed by atoms with Gasteiger partial charge in [0.1, 0.15) is 11.1 Å². The van der Waals surface area contributed by atoms with Gasteiger partial charge in [0.05, 0.1) is 24.7 Å². The van der Waals surface area contributed by atoms with Crippen LogP contribution in [0.15, 0.2) is 59.3 Å². The predicted octanol–water partition coefficient (Wildman–Crippen LogP) is 4.41. The van der Waals surface area contributed by atoms with Crippen molar-refractivity contribution in [2.75, 3.05) is 45.2 Å². The minimum atomic E-state index is -1.02. The van der Waals surface area contributed by atoms with E-state index in [1.54, 1.807) is 13.4 Å². The van der Waals surface area contributed by atoms with Crippen LogP contribution < -0.4 is 10.6 Å². The lowest BCUT2D eigenvalue weighted by Crippen LogP contribution is -2.54. The number of imidazole rings is 1. The Morgan fingerprint density at radius 3 is 2.93 bits per heavy atom. The van der Waals surface area contributed by atoms with Gasteiger partial charge in [0.15, 0.2) is 17.2 Å². The van der Waals surface area contributed by atoms with Crippen molar-refractivity contribution in [2.24, 2.45) is 0 Å². The van der Waals surface area contributed by atoms with Gasteiger partial charge in [-0.05, 0) is 31.4 Å². The molecule has 2 aromatic carbocycles. The highest BCUT2D eigenvalue weighted by Crippen LogP contribution is 2.41. The summed E-state index contributed by atoms with van der Waals surface area (Å²) in [5, 5.41) is 18.6. The van der Waals surface area contributed by atoms with E-state index in [4.69, 9.17) is 14.1 Å². The number of fused-ring (bicyclic) bond motifs is 1. The van der Waals surface area contributed by atoms with Gasteiger partial charge >= 0.3 is 0 Å². The number of nitrogens with zero attached hydrogens (tertiary/aromatic N) is 4. The van der Waals surface area contributed by atoms with Crippen molar-refractivity contribution >= 4 is 22.7 Å². The number of methoxy groups -OCH3 is 1. The molecule has 0 unspecified atom stereocenters. The van der Waals surface area contributed by atoms with Crippen LogP contribution in [-0.4, -0.2) is 82.0 Å². The highest BCUT2D eigenvalue weighted by molar-refractivity contribution is 5.98. The molecule has 0 spiro atoms. The van der Waals surface area contributed by atoms with Crippen molar-refractivity contribution in [1.82, 2.24) is 24.8 Å². The predicted molar refractivity (Wildman–Crippen MR) is 162 cm³/mol. The van der Waals surface area contributed by atoms with Crippen LogP contribution >= 0.6 is 0 Å². The number of amides is 1. The molecule has 3 atom stereocenters. The van der Waals surface area contributed by atoms with E-state index in [1.165, 1.54) is 0 Å². The molecule has 1 aliphatic carbocycles. The fourth-order valence-corrected chi connectivity index (χ4v) is 6.61. The van der Waals surface area contributed by atoms with E-state index in [9.17, 15) is 9.90 Å². The molecule has 4 aromatic rings. The van der Waals surface area contributed by atoms with E-state index in [2.05, 4.69) is 15.6 Å². The van der Waals surface area contributed by atoms with Gasteiger partial charge in [0, 0.05) is 63.6 Å². The highest BCUT2D eigenvalue weighted by Gasteiger charge is 2.42. The first-order chi connectivity index (χ1) is 20.5. The quantitative estimate of drug-likeness (QED) is 0.270. The van der Waals surface area contributed by atoms with Gasteiger partial charge in [-0.1, -0.05) is 43.2 Å². The number of hydrogen-bond donors (Lipinski definition) is 3. The molecule has 1 saturated heterocycles. The monoisotopic (exact) mass is 572 g/mol. The number of carbonyl (C=O) groups excluding carboxylic acids is 1. The summed E-state index contributed by atoms with van der Waals surface area (Å²) in [5.41, 5.74) is 3.64. The maximum Gasteiger partial charge on any atom is 0.275 e. The van der Waals surface area contributed by atoms with Crippen molar-refractivity contribution in [1.29, 1.82) is 0 Å². The van der Waals surface area contributed by atoms with Gasteiger partial charge in [0.2, 0.25) is 0 Å². The molecular formula is C32H40N6O4. The Bertz CT molecular complexity index is 1510. The number of ether oxygens (including phenoxy) is 1. The molecule has 2 fully saturated rings. The Morgan fingerprint density at radius 2 is 2.10 bits per heavy atom. The van der Waals surface area contributed by atoms with Crippen molar-refractivity contribution < 1.29 is 19.1 Å². The van der Waals surface area contributed by atoms with Gasteiger partial charge < -0.3 is 34.4 Å². The average molecular weight is 573 g/mol. The average Bonchev–Trinajstić information content (AvgIpc) is 3.60. The fourth-order valence-electron chi connectivity index (χ4n) is 6.61. The molecule has 1 saturated carbocycles. The van der Waals surface area contributed by atoms with Crippen LogP contribution in [0, 0.1) is 6.92 Å². The number of aromatic nitrogens is 3. The van der Waals surface area contributed by atoms with Crippen LogP contribution in [-0.2, 0) is 4.74 Å². The lowest BCUT2D eigenvalue weighted by Gasteiger charge is -2.41. The van der Waals surface area contributed by atoms with E-state index >= 15 is 0 Å². The molecular weight excluding hydrogens is 532 g/mol. The van der Waals surface area contributed by atoms with Gasteiger partial charge in [-0.3, -0.25) is 4.79 Å². The molecule has 2 aliphatic rings. The molecule has 42 heavy (non-hydrogen) atoms. The van der Waals surface area contributed by atoms with E-state index < -0.39 is 5.60 Å². The summed E-state index contributed by atoms with van der Waals surface area (Å²) in [6.45, 7) is 4.82. The molecule has 10 heteroatoms. The van der Waals surface area contributed by atoms with Gasteiger partial charge in [-0.2, -0.15) is 0 Å². The number of aliphatic hydroxyl groups is 1. The first-order valence-corrected chi connectivity index (χ1v) is 14.9. The molecule has 10 nitrogen and oxygen atoms in total. The zero-order chi connectivity index (χ0) is 29.1. The Kier molecular flexibility index (Phi) is 8.28. The van der Waals surface area contributed by atoms with E-state index in [-0.39, 0.29) is 24.6 Å². The standard InChI is InChI=1S/C32H40N6O4/c1-22-36-26-12-11-24(18-27(26)42-22)34-15-13-25-19-33-16-17-37(25)31(39)29-30(23-8-4-3-5-9-23)38(21-35-29)28-10-6-7-14-32(28,40)20-41-2/h3-5,8-9,11-12,18,21,25,28,33-34,40H,6-7,10,13-17,19-20H2,1-2H3/t25-,28-,32-/m1/s1. The molecule has 222 valence electrons. The summed E-state index contributed by atoms with van der Waals surface area (Å²) in [4.78, 5) is 25.3. The maximum absolute atomic E-state index is 14.3. The number of hydrogen-bond acceptors (Lipinski definition) is 8. The Labute approximate surface area is 246 Å². The van der Waals surface area contributed by atoms with Crippen LogP contribution in [0.25, 0.3) is 22.4 Å². The topological polar surface area (TPSA) is 118 Å².